The molecule has 5 nitrogen and oxygen atoms in total. The fourth-order valence-corrected chi connectivity index (χ4v) is 0.966. The maximum atomic E-state index is 9.17. The van der Waals surface area contributed by atoms with E-state index in [0.29, 0.717) is 12.4 Å². The zero-order chi connectivity index (χ0) is 10.6. The number of nitrogens with two attached hydrogens (primary N) is 1. The van der Waals surface area contributed by atoms with Gasteiger partial charge >= 0.3 is 0 Å². The second kappa shape index (κ2) is 4.88. The van der Waals surface area contributed by atoms with E-state index in [0.717, 1.165) is 5.69 Å². The van der Waals surface area contributed by atoms with Crippen LogP contribution in [0.25, 0.3) is 0 Å². The summed E-state index contributed by atoms with van der Waals surface area (Å²) in [6.45, 7) is 4.01. The molecule has 0 aliphatic heterocycles. The van der Waals surface area contributed by atoms with Crippen LogP contribution in [-0.2, 0) is 0 Å². The van der Waals surface area contributed by atoms with Crippen molar-refractivity contribution < 1.29 is 5.11 Å². The molecule has 0 amide bonds. The van der Waals surface area contributed by atoms with Gasteiger partial charge in [0, 0.05) is 25.0 Å². The summed E-state index contributed by atoms with van der Waals surface area (Å²) in [4.78, 5) is 8.17. The van der Waals surface area contributed by atoms with E-state index in [2.05, 4.69) is 15.3 Å². The first kappa shape index (κ1) is 10.9. The highest BCUT2D eigenvalue weighted by atomic mass is 16.3. The van der Waals surface area contributed by atoms with Crippen LogP contribution in [0.15, 0.2) is 12.4 Å². The summed E-state index contributed by atoms with van der Waals surface area (Å²) in [5, 5.41) is 12.2. The van der Waals surface area contributed by atoms with E-state index in [1.165, 1.54) is 0 Å². The lowest BCUT2D eigenvalue weighted by atomic mass is 10.2. The maximum Gasteiger partial charge on any atom is 0.147 e. The molecule has 0 aliphatic rings. The molecule has 0 saturated carbocycles. The molecule has 1 rings (SSSR count). The van der Waals surface area contributed by atoms with Gasteiger partial charge in [-0.2, -0.15) is 0 Å². The minimum atomic E-state index is -0.528. The number of nitrogens with zero attached hydrogens (tertiary/aromatic N) is 2. The number of aliphatic hydroxyl groups is 1. The number of rotatable bonds is 4. The fraction of sp³-hybridized carbons (Fsp3) is 0.556. The topological polar surface area (TPSA) is 84.1 Å². The number of aromatic nitrogens is 2. The van der Waals surface area contributed by atoms with Crippen LogP contribution in [0.2, 0.25) is 0 Å². The van der Waals surface area contributed by atoms with Gasteiger partial charge in [-0.05, 0) is 13.8 Å². The average molecular weight is 196 g/mol. The van der Waals surface area contributed by atoms with Crippen LogP contribution in [0, 0.1) is 6.92 Å². The lowest BCUT2D eigenvalue weighted by molar-refractivity contribution is 0.168. The Morgan fingerprint density at radius 1 is 1.50 bits per heavy atom. The monoisotopic (exact) mass is 196 g/mol. The Bertz CT molecular complexity index is 290. The highest BCUT2D eigenvalue weighted by Gasteiger charge is 2.09. The van der Waals surface area contributed by atoms with Crippen LogP contribution in [0.4, 0.5) is 5.82 Å². The van der Waals surface area contributed by atoms with Gasteiger partial charge in [0.15, 0.2) is 0 Å². The second-order valence-corrected chi connectivity index (χ2v) is 3.28. The summed E-state index contributed by atoms with van der Waals surface area (Å²) in [6.07, 6.45) is 2.72. The number of nitrogens with one attached hydrogen (secondary N) is 1. The third-order valence-corrected chi connectivity index (χ3v) is 2.01. The van der Waals surface area contributed by atoms with Gasteiger partial charge in [-0.1, -0.05) is 0 Å². The predicted octanol–water partition coefficient (Wildman–Crippen LogP) is -0.0950. The van der Waals surface area contributed by atoms with Gasteiger partial charge in [0.2, 0.25) is 0 Å². The van der Waals surface area contributed by atoms with Crippen LogP contribution in [-0.4, -0.2) is 33.8 Å². The molecule has 0 saturated heterocycles. The number of hydrogen-bond donors (Lipinski definition) is 3. The zero-order valence-corrected chi connectivity index (χ0v) is 8.44. The van der Waals surface area contributed by atoms with Gasteiger partial charge in [-0.3, -0.25) is 4.98 Å². The molecule has 0 fully saturated rings. The first-order chi connectivity index (χ1) is 6.61. The number of hydrogen-bond acceptors (Lipinski definition) is 5. The van der Waals surface area contributed by atoms with Gasteiger partial charge in [0.1, 0.15) is 5.82 Å². The van der Waals surface area contributed by atoms with E-state index in [4.69, 9.17) is 10.8 Å². The molecule has 14 heavy (non-hydrogen) atoms. The Morgan fingerprint density at radius 2 is 2.14 bits per heavy atom. The summed E-state index contributed by atoms with van der Waals surface area (Å²) in [5.74, 6) is 0.712. The second-order valence-electron chi connectivity index (χ2n) is 3.28. The molecule has 0 aromatic carbocycles. The first-order valence-electron chi connectivity index (χ1n) is 4.56. The van der Waals surface area contributed by atoms with Crippen molar-refractivity contribution in [3.63, 3.8) is 0 Å². The lowest BCUT2D eigenvalue weighted by Gasteiger charge is -2.16. The number of aliphatic hydroxyl groups excluding tert-OH is 1. The van der Waals surface area contributed by atoms with Crippen LogP contribution >= 0.6 is 0 Å². The molecule has 0 aliphatic carbocycles. The van der Waals surface area contributed by atoms with E-state index < -0.39 is 6.10 Å². The molecule has 5 heteroatoms. The number of aryl methyl sites for hydroxylation is 1. The van der Waals surface area contributed by atoms with E-state index in [-0.39, 0.29) is 6.04 Å². The fourth-order valence-electron chi connectivity index (χ4n) is 0.966. The summed E-state index contributed by atoms with van der Waals surface area (Å²) >= 11 is 0. The van der Waals surface area contributed by atoms with E-state index >= 15 is 0 Å². The smallest absolute Gasteiger partial charge is 0.147 e. The molecular formula is C9H16N4O. The average Bonchev–Trinajstić information content (AvgIpc) is 2.16. The van der Waals surface area contributed by atoms with Crippen molar-refractivity contribution in [2.45, 2.75) is 26.0 Å². The van der Waals surface area contributed by atoms with E-state index in [9.17, 15) is 0 Å². The summed E-state index contributed by atoms with van der Waals surface area (Å²) in [5.41, 5.74) is 6.48. The summed E-state index contributed by atoms with van der Waals surface area (Å²) < 4.78 is 0. The quantitative estimate of drug-likeness (QED) is 0.626. The minimum Gasteiger partial charge on any atom is -0.392 e. The third-order valence-electron chi connectivity index (χ3n) is 2.01. The Labute approximate surface area is 83.4 Å². The lowest BCUT2D eigenvalue weighted by Crippen LogP contribution is -2.38. The van der Waals surface area contributed by atoms with Crippen molar-refractivity contribution in [2.24, 2.45) is 5.73 Å². The van der Waals surface area contributed by atoms with Gasteiger partial charge in [0.05, 0.1) is 11.8 Å². The Kier molecular flexibility index (Phi) is 3.79. The van der Waals surface area contributed by atoms with Crippen LogP contribution < -0.4 is 11.1 Å². The van der Waals surface area contributed by atoms with Crippen molar-refractivity contribution in [3.05, 3.63) is 18.1 Å². The SMILES string of the molecule is Cc1nccnc1NCC(N)C(C)O. The number of anilines is 1. The minimum absolute atomic E-state index is 0.295. The summed E-state index contributed by atoms with van der Waals surface area (Å²) in [6, 6.07) is -0.295. The van der Waals surface area contributed by atoms with Crippen molar-refractivity contribution in [3.8, 4) is 0 Å². The third kappa shape index (κ3) is 2.93. The predicted molar refractivity (Wildman–Crippen MR) is 54.9 cm³/mol. The molecule has 0 bridgehead atoms. The largest absolute Gasteiger partial charge is 0.392 e. The zero-order valence-electron chi connectivity index (χ0n) is 8.44. The van der Waals surface area contributed by atoms with E-state index in [1.807, 2.05) is 6.92 Å². The molecule has 0 spiro atoms. The highest BCUT2D eigenvalue weighted by Crippen LogP contribution is 2.05. The molecule has 2 unspecified atom stereocenters. The Balaban J connectivity index is 2.50. The van der Waals surface area contributed by atoms with Crippen LogP contribution in [0.3, 0.4) is 0 Å². The normalized spacial score (nSPS) is 14.9. The first-order valence-corrected chi connectivity index (χ1v) is 4.56. The van der Waals surface area contributed by atoms with Gasteiger partial charge < -0.3 is 16.2 Å². The van der Waals surface area contributed by atoms with Crippen molar-refractivity contribution in [1.82, 2.24) is 9.97 Å². The van der Waals surface area contributed by atoms with Crippen molar-refractivity contribution in [1.29, 1.82) is 0 Å². The van der Waals surface area contributed by atoms with Crippen molar-refractivity contribution in [2.75, 3.05) is 11.9 Å². The molecule has 1 aromatic rings. The van der Waals surface area contributed by atoms with Gasteiger partial charge in [0.25, 0.3) is 0 Å². The van der Waals surface area contributed by atoms with Crippen LogP contribution in [0.1, 0.15) is 12.6 Å². The summed E-state index contributed by atoms with van der Waals surface area (Å²) in [7, 11) is 0. The van der Waals surface area contributed by atoms with Crippen molar-refractivity contribution >= 4 is 5.82 Å². The molecule has 2 atom stereocenters. The Hall–Kier alpha value is -1.20. The molecule has 78 valence electrons. The molecular weight excluding hydrogens is 180 g/mol. The van der Waals surface area contributed by atoms with Gasteiger partial charge in [-0.15, -0.1) is 0 Å². The molecule has 0 radical (unpaired) electrons. The highest BCUT2D eigenvalue weighted by molar-refractivity contribution is 5.38. The maximum absolute atomic E-state index is 9.17. The van der Waals surface area contributed by atoms with Gasteiger partial charge in [-0.25, -0.2) is 4.98 Å². The van der Waals surface area contributed by atoms with E-state index in [1.54, 1.807) is 19.3 Å². The molecule has 1 heterocycles. The molecule has 1 aromatic heterocycles. The Morgan fingerprint density at radius 3 is 2.71 bits per heavy atom. The van der Waals surface area contributed by atoms with Crippen LogP contribution in [0.5, 0.6) is 0 Å². The standard InChI is InChI=1S/C9H16N4O/c1-6-9(12-4-3-11-6)13-5-8(10)7(2)14/h3-4,7-8,14H,5,10H2,1-2H3,(H,12,13). The molecule has 4 N–H and O–H groups in total.